The lowest BCUT2D eigenvalue weighted by Gasteiger charge is -1.98. The number of hydrogen-bond donors (Lipinski definition) is 0. The van der Waals surface area contributed by atoms with Crippen molar-refractivity contribution in [1.82, 2.24) is 19.7 Å². The van der Waals surface area contributed by atoms with Crippen LogP contribution < -0.4 is 0 Å². The Hall–Kier alpha value is -1.36. The van der Waals surface area contributed by atoms with Crippen LogP contribution in [0.4, 0.5) is 0 Å². The fraction of sp³-hybridized carbons (Fsp3) is 0.375. The zero-order valence-corrected chi connectivity index (χ0v) is 8.62. The summed E-state index contributed by atoms with van der Waals surface area (Å²) in [5, 5.41) is 7.68. The van der Waals surface area contributed by atoms with Gasteiger partial charge in [-0.1, -0.05) is 0 Å². The van der Waals surface area contributed by atoms with Crippen molar-refractivity contribution in [3.05, 3.63) is 29.0 Å². The molecule has 2 aromatic rings. The second kappa shape index (κ2) is 3.42. The minimum Gasteiger partial charge on any atom is -0.444 e. The van der Waals surface area contributed by atoms with E-state index in [9.17, 15) is 0 Å². The highest BCUT2D eigenvalue weighted by Gasteiger charge is 2.09. The Labute approximate surface area is 85.7 Å². The molecule has 2 aromatic heterocycles. The van der Waals surface area contributed by atoms with Gasteiger partial charge in [0.15, 0.2) is 5.89 Å². The summed E-state index contributed by atoms with van der Waals surface area (Å²) in [6.07, 6.45) is 1.56. The normalized spacial score (nSPS) is 10.8. The van der Waals surface area contributed by atoms with E-state index in [1.54, 1.807) is 10.9 Å². The van der Waals surface area contributed by atoms with Gasteiger partial charge in [-0.25, -0.2) is 4.98 Å². The van der Waals surface area contributed by atoms with E-state index >= 15 is 0 Å². The molecule has 0 aliphatic carbocycles. The Bertz CT molecular complexity index is 448. The van der Waals surface area contributed by atoms with E-state index < -0.39 is 0 Å². The molecule has 0 saturated carbocycles. The third-order valence-corrected chi connectivity index (χ3v) is 2.17. The molecule has 2 rings (SSSR count). The molecule has 0 N–H and O–H groups in total. The van der Waals surface area contributed by atoms with Gasteiger partial charge in [-0.3, -0.25) is 4.57 Å². The van der Waals surface area contributed by atoms with Crippen molar-refractivity contribution < 1.29 is 4.42 Å². The molecule has 74 valence electrons. The number of oxazole rings is 1. The molecule has 0 radical (unpaired) electrons. The second-order valence-electron chi connectivity index (χ2n) is 2.97. The van der Waals surface area contributed by atoms with Crippen LogP contribution in [0.2, 0.25) is 5.28 Å². The summed E-state index contributed by atoms with van der Waals surface area (Å²) < 4.78 is 7.09. The first-order valence-corrected chi connectivity index (χ1v) is 4.51. The molecule has 5 nitrogen and oxygen atoms in total. The molecule has 0 fully saturated rings. The van der Waals surface area contributed by atoms with Crippen molar-refractivity contribution in [2.45, 2.75) is 20.4 Å². The highest BCUT2D eigenvalue weighted by atomic mass is 35.5. The molecule has 0 aliphatic rings. The van der Waals surface area contributed by atoms with Gasteiger partial charge in [-0.15, -0.1) is 10.2 Å². The largest absolute Gasteiger partial charge is 0.444 e. The Morgan fingerprint density at radius 1 is 1.50 bits per heavy atom. The Kier molecular flexibility index (Phi) is 2.25. The molecule has 0 bridgehead atoms. The monoisotopic (exact) mass is 212 g/mol. The number of aryl methyl sites for hydroxylation is 2. The lowest BCUT2D eigenvalue weighted by molar-refractivity contribution is 0.461. The van der Waals surface area contributed by atoms with Crippen molar-refractivity contribution in [2.24, 2.45) is 0 Å². The summed E-state index contributed by atoms with van der Waals surface area (Å²) in [7, 11) is 0. The summed E-state index contributed by atoms with van der Waals surface area (Å²) in [5.41, 5.74) is 0.868. The lowest BCUT2D eigenvalue weighted by atomic mass is 10.4. The van der Waals surface area contributed by atoms with Gasteiger partial charge in [0, 0.05) is 6.92 Å². The third-order valence-electron chi connectivity index (χ3n) is 1.88. The maximum absolute atomic E-state index is 5.78. The molecule has 14 heavy (non-hydrogen) atoms. The molecule has 0 aliphatic heterocycles. The van der Waals surface area contributed by atoms with Gasteiger partial charge in [0.05, 0.1) is 12.2 Å². The van der Waals surface area contributed by atoms with Crippen LogP contribution in [0.5, 0.6) is 0 Å². The maximum Gasteiger partial charge on any atom is 0.225 e. The van der Waals surface area contributed by atoms with Gasteiger partial charge in [0.2, 0.25) is 5.28 Å². The van der Waals surface area contributed by atoms with Crippen molar-refractivity contribution >= 4 is 11.6 Å². The maximum atomic E-state index is 5.78. The average molecular weight is 213 g/mol. The van der Waals surface area contributed by atoms with Gasteiger partial charge in [-0.2, -0.15) is 0 Å². The van der Waals surface area contributed by atoms with Crippen LogP contribution in [-0.4, -0.2) is 19.7 Å². The zero-order chi connectivity index (χ0) is 10.1. The quantitative estimate of drug-likeness (QED) is 0.759. The summed E-state index contributed by atoms with van der Waals surface area (Å²) >= 11 is 5.78. The van der Waals surface area contributed by atoms with Crippen molar-refractivity contribution in [2.75, 3.05) is 0 Å². The van der Waals surface area contributed by atoms with E-state index in [1.165, 1.54) is 0 Å². The van der Waals surface area contributed by atoms with Crippen LogP contribution >= 0.6 is 11.6 Å². The predicted octanol–water partition coefficient (Wildman–Crippen LogP) is 1.58. The number of rotatable bonds is 2. The van der Waals surface area contributed by atoms with Gasteiger partial charge in [0.25, 0.3) is 0 Å². The van der Waals surface area contributed by atoms with E-state index in [4.69, 9.17) is 16.0 Å². The average Bonchev–Trinajstić information content (AvgIpc) is 2.62. The molecular formula is C8H9ClN4O. The van der Waals surface area contributed by atoms with Crippen LogP contribution in [0.3, 0.4) is 0 Å². The molecule has 0 atom stereocenters. The minimum absolute atomic E-state index is 0.346. The Balaban J connectivity index is 2.27. The zero-order valence-electron chi connectivity index (χ0n) is 7.86. The fourth-order valence-electron chi connectivity index (χ4n) is 1.22. The number of hydrogen-bond acceptors (Lipinski definition) is 4. The summed E-state index contributed by atoms with van der Waals surface area (Å²) in [6, 6.07) is 0. The molecule has 0 amide bonds. The van der Waals surface area contributed by atoms with E-state index in [0.717, 1.165) is 11.5 Å². The molecule has 0 saturated heterocycles. The SMILES string of the molecule is Cc1nc(C)c(Cn2cnnc2Cl)o1. The molecule has 2 heterocycles. The molecule has 6 heteroatoms. The topological polar surface area (TPSA) is 56.7 Å². The predicted molar refractivity (Wildman–Crippen MR) is 50.1 cm³/mol. The van der Waals surface area contributed by atoms with Crippen molar-refractivity contribution in [1.29, 1.82) is 0 Å². The van der Waals surface area contributed by atoms with E-state index in [0.29, 0.717) is 17.7 Å². The number of aromatic nitrogens is 4. The molecule has 0 aromatic carbocycles. The van der Waals surface area contributed by atoms with Crippen LogP contribution in [0.25, 0.3) is 0 Å². The smallest absolute Gasteiger partial charge is 0.225 e. The van der Waals surface area contributed by atoms with E-state index in [1.807, 2.05) is 13.8 Å². The molecule has 0 spiro atoms. The van der Waals surface area contributed by atoms with Crippen LogP contribution in [-0.2, 0) is 6.54 Å². The summed E-state index contributed by atoms with van der Waals surface area (Å²) in [6.45, 7) is 4.22. The third kappa shape index (κ3) is 1.63. The van der Waals surface area contributed by atoms with Crippen molar-refractivity contribution in [3.8, 4) is 0 Å². The van der Waals surface area contributed by atoms with Gasteiger partial charge in [-0.05, 0) is 18.5 Å². The summed E-state index contributed by atoms with van der Waals surface area (Å²) in [5.74, 6) is 1.44. The lowest BCUT2D eigenvalue weighted by Crippen LogP contribution is -1.98. The standard InChI is InChI=1S/C8H9ClN4O/c1-5-7(14-6(2)11-5)3-13-4-10-12-8(13)9/h4H,3H2,1-2H3. The van der Waals surface area contributed by atoms with Crippen LogP contribution in [0, 0.1) is 13.8 Å². The first kappa shape index (κ1) is 9.21. The fourth-order valence-corrected chi connectivity index (χ4v) is 1.37. The van der Waals surface area contributed by atoms with E-state index in [-0.39, 0.29) is 0 Å². The van der Waals surface area contributed by atoms with Gasteiger partial charge in [0.1, 0.15) is 12.1 Å². The highest BCUT2D eigenvalue weighted by molar-refractivity contribution is 6.28. The van der Waals surface area contributed by atoms with E-state index in [2.05, 4.69) is 15.2 Å². The first-order valence-electron chi connectivity index (χ1n) is 4.13. The van der Waals surface area contributed by atoms with Crippen molar-refractivity contribution in [3.63, 3.8) is 0 Å². The number of nitrogens with zero attached hydrogens (tertiary/aromatic N) is 4. The summed E-state index contributed by atoms with van der Waals surface area (Å²) in [4.78, 5) is 4.16. The number of halogens is 1. The first-order chi connectivity index (χ1) is 6.66. The Morgan fingerprint density at radius 3 is 2.79 bits per heavy atom. The second-order valence-corrected chi connectivity index (χ2v) is 3.31. The van der Waals surface area contributed by atoms with Gasteiger partial charge >= 0.3 is 0 Å². The molecule has 0 unspecified atom stereocenters. The van der Waals surface area contributed by atoms with Crippen LogP contribution in [0.15, 0.2) is 10.7 Å². The Morgan fingerprint density at radius 2 is 2.29 bits per heavy atom. The highest BCUT2D eigenvalue weighted by Crippen LogP contribution is 2.13. The van der Waals surface area contributed by atoms with Crippen LogP contribution in [0.1, 0.15) is 17.3 Å². The van der Waals surface area contributed by atoms with Gasteiger partial charge < -0.3 is 4.42 Å². The minimum atomic E-state index is 0.346. The molecular weight excluding hydrogens is 204 g/mol.